The Kier molecular flexibility index (Phi) is 7.97. The maximum atomic E-state index is 6.08. The average molecular weight is 501 g/mol. The molecule has 0 fully saturated rings. The predicted molar refractivity (Wildman–Crippen MR) is 139 cm³/mol. The van der Waals surface area contributed by atoms with E-state index in [2.05, 4.69) is 47.5 Å². The van der Waals surface area contributed by atoms with Crippen molar-refractivity contribution in [1.29, 1.82) is 0 Å². The summed E-state index contributed by atoms with van der Waals surface area (Å²) in [6.45, 7) is 4.08. The minimum absolute atomic E-state index is 0.434. The quantitative estimate of drug-likeness (QED) is 0.206. The zero-order valence-corrected chi connectivity index (χ0v) is 21.0. The van der Waals surface area contributed by atoms with E-state index in [-0.39, 0.29) is 0 Å². The molecule has 0 saturated heterocycles. The van der Waals surface area contributed by atoms with Gasteiger partial charge in [0.2, 0.25) is 0 Å². The van der Waals surface area contributed by atoms with Crippen LogP contribution in [0.3, 0.4) is 0 Å². The molecule has 0 amide bonds. The minimum Gasteiger partial charge on any atom is -0.494 e. The van der Waals surface area contributed by atoms with Crippen LogP contribution in [0.25, 0.3) is 10.1 Å². The molecule has 1 aromatic heterocycles. The number of benzene rings is 3. The molecular formula is C26H26Cl2N2O2S. The maximum Gasteiger partial charge on any atom is 0.150 e. The summed E-state index contributed by atoms with van der Waals surface area (Å²) < 4.78 is 17.6. The highest BCUT2D eigenvalue weighted by Gasteiger charge is 2.12. The van der Waals surface area contributed by atoms with Gasteiger partial charge in [-0.25, -0.2) is 0 Å². The highest BCUT2D eigenvalue weighted by molar-refractivity contribution is 7.13. The summed E-state index contributed by atoms with van der Waals surface area (Å²) in [5.74, 6) is 2.67. The van der Waals surface area contributed by atoms with E-state index in [1.807, 2.05) is 30.3 Å². The maximum absolute atomic E-state index is 6.08. The normalized spacial score (nSPS) is 11.0. The molecule has 1 heterocycles. The molecule has 0 aliphatic rings. The van der Waals surface area contributed by atoms with Crippen LogP contribution >= 0.6 is 34.7 Å². The van der Waals surface area contributed by atoms with Gasteiger partial charge < -0.3 is 14.4 Å². The van der Waals surface area contributed by atoms with Crippen molar-refractivity contribution in [3.63, 3.8) is 0 Å². The van der Waals surface area contributed by atoms with Crippen molar-refractivity contribution in [2.75, 3.05) is 18.6 Å². The standard InChI is InChI=1S/C26H26Cl2N2O2S/c1-3-4-13-31-21-10-12-25-22(15-21)26(29-33-25)30(2)16-18-5-8-20(9-6-18)32-17-19-7-11-23(27)24(28)14-19/h5-12,14-15H,3-4,13,16-17H2,1-2H3. The first kappa shape index (κ1) is 23.7. The van der Waals surface area contributed by atoms with E-state index >= 15 is 0 Å². The Bertz CT molecular complexity index is 1210. The van der Waals surface area contributed by atoms with Gasteiger partial charge in [-0.2, -0.15) is 4.37 Å². The molecular weight excluding hydrogens is 475 g/mol. The number of fused-ring (bicyclic) bond motifs is 1. The Morgan fingerprint density at radius 2 is 1.64 bits per heavy atom. The zero-order valence-electron chi connectivity index (χ0n) is 18.7. The Morgan fingerprint density at radius 1 is 0.879 bits per heavy atom. The van der Waals surface area contributed by atoms with E-state index in [1.54, 1.807) is 6.07 Å². The lowest BCUT2D eigenvalue weighted by Crippen LogP contribution is -2.16. The van der Waals surface area contributed by atoms with Gasteiger partial charge in [-0.1, -0.05) is 54.7 Å². The molecule has 0 radical (unpaired) electrons. The summed E-state index contributed by atoms with van der Waals surface area (Å²) in [5.41, 5.74) is 2.15. The molecule has 0 aliphatic carbocycles. The van der Waals surface area contributed by atoms with Crippen LogP contribution in [-0.2, 0) is 13.2 Å². The Hall–Kier alpha value is -2.47. The molecule has 0 aliphatic heterocycles. The Balaban J connectivity index is 1.38. The van der Waals surface area contributed by atoms with E-state index in [1.165, 1.54) is 17.1 Å². The zero-order chi connectivity index (χ0) is 23.2. The first-order valence-electron chi connectivity index (χ1n) is 10.9. The van der Waals surface area contributed by atoms with E-state index < -0.39 is 0 Å². The smallest absolute Gasteiger partial charge is 0.150 e. The fraction of sp³-hybridized carbons (Fsp3) is 0.269. The van der Waals surface area contributed by atoms with Crippen molar-refractivity contribution < 1.29 is 9.47 Å². The van der Waals surface area contributed by atoms with Gasteiger partial charge in [0.05, 0.1) is 21.4 Å². The van der Waals surface area contributed by atoms with E-state index in [9.17, 15) is 0 Å². The number of unbranched alkanes of at least 4 members (excludes halogenated alkanes) is 1. The lowest BCUT2D eigenvalue weighted by molar-refractivity contribution is 0.306. The number of halogens is 2. The average Bonchev–Trinajstić information content (AvgIpc) is 3.24. The van der Waals surface area contributed by atoms with E-state index in [0.29, 0.717) is 16.7 Å². The van der Waals surface area contributed by atoms with Crippen molar-refractivity contribution in [3.05, 3.63) is 81.8 Å². The minimum atomic E-state index is 0.434. The number of anilines is 1. The highest BCUT2D eigenvalue weighted by atomic mass is 35.5. The summed E-state index contributed by atoms with van der Waals surface area (Å²) in [6, 6.07) is 19.9. The van der Waals surface area contributed by atoms with Crippen LogP contribution in [0.2, 0.25) is 10.0 Å². The first-order valence-corrected chi connectivity index (χ1v) is 12.5. The van der Waals surface area contributed by atoms with Gasteiger partial charge in [-0.3, -0.25) is 0 Å². The summed E-state index contributed by atoms with van der Waals surface area (Å²) in [5, 5.41) is 2.20. The molecule has 0 atom stereocenters. The highest BCUT2D eigenvalue weighted by Crippen LogP contribution is 2.33. The van der Waals surface area contributed by atoms with Gasteiger partial charge >= 0.3 is 0 Å². The Labute approximate surface area is 208 Å². The van der Waals surface area contributed by atoms with Gasteiger partial charge in [0.25, 0.3) is 0 Å². The molecule has 3 aromatic carbocycles. The molecule has 7 heteroatoms. The lowest BCUT2D eigenvalue weighted by Gasteiger charge is -2.17. The monoisotopic (exact) mass is 500 g/mol. The van der Waals surface area contributed by atoms with Crippen molar-refractivity contribution in [2.24, 2.45) is 0 Å². The van der Waals surface area contributed by atoms with Crippen molar-refractivity contribution >= 4 is 50.6 Å². The number of hydrogen-bond acceptors (Lipinski definition) is 5. The number of rotatable bonds is 10. The van der Waals surface area contributed by atoms with Crippen molar-refractivity contribution in [2.45, 2.75) is 32.9 Å². The lowest BCUT2D eigenvalue weighted by atomic mass is 10.2. The topological polar surface area (TPSA) is 34.6 Å². The van der Waals surface area contributed by atoms with Crippen LogP contribution in [0.4, 0.5) is 5.82 Å². The third-order valence-electron chi connectivity index (χ3n) is 5.28. The van der Waals surface area contributed by atoms with Crippen LogP contribution in [0.1, 0.15) is 30.9 Å². The second kappa shape index (κ2) is 11.1. The number of aromatic nitrogens is 1. The van der Waals surface area contributed by atoms with Gasteiger partial charge in [0.15, 0.2) is 0 Å². The first-order chi connectivity index (χ1) is 16.0. The van der Waals surface area contributed by atoms with Crippen molar-refractivity contribution in [3.8, 4) is 11.5 Å². The van der Waals surface area contributed by atoms with E-state index in [0.717, 1.165) is 59.0 Å². The van der Waals surface area contributed by atoms with Crippen LogP contribution in [0.15, 0.2) is 60.7 Å². The number of nitrogens with zero attached hydrogens (tertiary/aromatic N) is 2. The van der Waals surface area contributed by atoms with E-state index in [4.69, 9.17) is 32.7 Å². The molecule has 0 spiro atoms. The molecule has 0 bridgehead atoms. The van der Waals surface area contributed by atoms with Gasteiger partial charge in [-0.15, -0.1) is 0 Å². The second-order valence-corrected chi connectivity index (χ2v) is 9.52. The molecule has 172 valence electrons. The van der Waals surface area contributed by atoms with Gasteiger partial charge in [0.1, 0.15) is 23.9 Å². The third-order valence-corrected chi connectivity index (χ3v) is 6.84. The van der Waals surface area contributed by atoms with Crippen LogP contribution < -0.4 is 14.4 Å². The Morgan fingerprint density at radius 3 is 2.39 bits per heavy atom. The predicted octanol–water partition coefficient (Wildman–Crippen LogP) is 8.00. The molecule has 4 aromatic rings. The molecule has 0 unspecified atom stereocenters. The SMILES string of the molecule is CCCCOc1ccc2snc(N(C)Cc3ccc(OCc4ccc(Cl)c(Cl)c4)cc3)c2c1. The molecule has 0 saturated carbocycles. The van der Waals surface area contributed by atoms with Crippen LogP contribution in [0, 0.1) is 0 Å². The summed E-state index contributed by atoms with van der Waals surface area (Å²) in [6.07, 6.45) is 2.18. The summed E-state index contributed by atoms with van der Waals surface area (Å²) in [7, 11) is 2.06. The van der Waals surface area contributed by atoms with Gasteiger partial charge in [0, 0.05) is 19.0 Å². The van der Waals surface area contributed by atoms with Crippen LogP contribution in [-0.4, -0.2) is 18.0 Å². The molecule has 4 rings (SSSR count). The van der Waals surface area contributed by atoms with Crippen LogP contribution in [0.5, 0.6) is 11.5 Å². The fourth-order valence-electron chi connectivity index (χ4n) is 3.44. The number of hydrogen-bond donors (Lipinski definition) is 0. The molecule has 0 N–H and O–H groups in total. The fourth-order valence-corrected chi connectivity index (χ4v) is 4.56. The van der Waals surface area contributed by atoms with Crippen molar-refractivity contribution in [1.82, 2.24) is 4.37 Å². The van der Waals surface area contributed by atoms with Gasteiger partial charge in [-0.05, 0) is 71.5 Å². The number of ether oxygens (including phenoxy) is 2. The molecule has 4 nitrogen and oxygen atoms in total. The largest absolute Gasteiger partial charge is 0.494 e. The molecule has 33 heavy (non-hydrogen) atoms. The second-order valence-electron chi connectivity index (χ2n) is 7.90. The summed E-state index contributed by atoms with van der Waals surface area (Å²) >= 11 is 13.6. The summed E-state index contributed by atoms with van der Waals surface area (Å²) in [4.78, 5) is 2.17. The third kappa shape index (κ3) is 6.11.